The van der Waals surface area contributed by atoms with Crippen LogP contribution in [0.1, 0.15) is 70.5 Å². The number of aliphatic hydroxyl groups is 2. The highest BCUT2D eigenvalue weighted by molar-refractivity contribution is 5.90. The number of aromatic nitrogens is 3. The Morgan fingerprint density at radius 2 is 1.97 bits per heavy atom. The summed E-state index contributed by atoms with van der Waals surface area (Å²) in [5, 5.41) is 31.6. The molecule has 9 nitrogen and oxygen atoms in total. The van der Waals surface area contributed by atoms with Crippen LogP contribution in [0.2, 0.25) is 0 Å². The average molecular weight is 446 g/mol. The summed E-state index contributed by atoms with van der Waals surface area (Å²) in [5.41, 5.74) is 0.475. The van der Waals surface area contributed by atoms with E-state index in [0.29, 0.717) is 17.8 Å². The van der Waals surface area contributed by atoms with Crippen LogP contribution in [0.5, 0.6) is 0 Å². The van der Waals surface area contributed by atoms with E-state index in [1.165, 1.54) is 4.90 Å². The number of nitrogens with zero attached hydrogens (tertiary/aromatic N) is 4. The second-order valence-corrected chi connectivity index (χ2v) is 11.4. The Labute approximate surface area is 188 Å². The van der Waals surface area contributed by atoms with Crippen molar-refractivity contribution >= 4 is 11.8 Å². The molecule has 4 aliphatic rings. The van der Waals surface area contributed by atoms with Crippen molar-refractivity contribution in [1.29, 1.82) is 0 Å². The van der Waals surface area contributed by atoms with Gasteiger partial charge < -0.3 is 20.4 Å². The van der Waals surface area contributed by atoms with E-state index in [1.54, 1.807) is 4.68 Å². The van der Waals surface area contributed by atoms with Crippen LogP contribution in [0.25, 0.3) is 0 Å². The fraction of sp³-hybridized carbons (Fsp3) is 0.826. The number of β-amino-alcohol motifs (C(OH)–C–C–N with tert-alkyl or cyclic N) is 1. The summed E-state index contributed by atoms with van der Waals surface area (Å²) >= 11 is 0. The minimum atomic E-state index is -0.726. The highest BCUT2D eigenvalue weighted by Crippen LogP contribution is 2.55. The molecule has 9 heteroatoms. The Hall–Kier alpha value is -2.00. The third-order valence-corrected chi connectivity index (χ3v) is 7.84. The molecule has 1 aliphatic heterocycles. The van der Waals surface area contributed by atoms with Gasteiger partial charge in [0.2, 0.25) is 11.8 Å². The van der Waals surface area contributed by atoms with E-state index in [0.717, 1.165) is 31.4 Å². The smallest absolute Gasteiger partial charge is 0.248 e. The van der Waals surface area contributed by atoms with Gasteiger partial charge in [0.05, 0.1) is 11.8 Å². The number of nitrogens with one attached hydrogen (secondary N) is 1. The van der Waals surface area contributed by atoms with Crippen molar-refractivity contribution in [2.75, 3.05) is 13.2 Å². The zero-order valence-corrected chi connectivity index (χ0v) is 19.1. The molecule has 4 fully saturated rings. The lowest BCUT2D eigenvalue weighted by Crippen LogP contribution is -2.52. The third kappa shape index (κ3) is 3.94. The normalized spacial score (nSPS) is 35.0. The van der Waals surface area contributed by atoms with Crippen molar-refractivity contribution in [3.8, 4) is 0 Å². The number of amides is 2. The SMILES string of the molecule is CC(C)(C)[C@@H](C(=O)N1C[C@H](O)C[C@H]1C(=O)N[C@H]1C[C@@H](CO)[C@@H]2C[C@@H]21)n1cc(C2CC2)nn1. The van der Waals surface area contributed by atoms with E-state index >= 15 is 0 Å². The first kappa shape index (κ1) is 21.8. The Bertz CT molecular complexity index is 891. The maximum absolute atomic E-state index is 13.8. The molecule has 5 rings (SSSR count). The number of aliphatic hydroxyl groups excluding tert-OH is 2. The van der Waals surface area contributed by atoms with Gasteiger partial charge in [0.1, 0.15) is 12.1 Å². The fourth-order valence-electron chi connectivity index (χ4n) is 5.90. The summed E-state index contributed by atoms with van der Waals surface area (Å²) in [6.07, 6.45) is 5.43. The molecule has 1 saturated heterocycles. The maximum atomic E-state index is 13.8. The van der Waals surface area contributed by atoms with Gasteiger partial charge in [-0.2, -0.15) is 0 Å². The van der Waals surface area contributed by atoms with Crippen LogP contribution in [0.4, 0.5) is 0 Å². The Morgan fingerprint density at radius 1 is 1.22 bits per heavy atom. The zero-order valence-electron chi connectivity index (χ0n) is 19.1. The van der Waals surface area contributed by atoms with Crippen molar-refractivity contribution < 1.29 is 19.8 Å². The molecular weight excluding hydrogens is 410 g/mol. The van der Waals surface area contributed by atoms with E-state index in [2.05, 4.69) is 15.6 Å². The van der Waals surface area contributed by atoms with Crippen LogP contribution in [0, 0.1) is 23.2 Å². The molecule has 2 amide bonds. The number of fused-ring (bicyclic) bond motifs is 1. The molecule has 0 spiro atoms. The lowest BCUT2D eigenvalue weighted by atomic mass is 9.85. The van der Waals surface area contributed by atoms with E-state index in [9.17, 15) is 19.8 Å². The molecule has 0 bridgehead atoms. The molecule has 176 valence electrons. The Morgan fingerprint density at radius 3 is 2.59 bits per heavy atom. The van der Waals surface area contributed by atoms with Gasteiger partial charge in [-0.15, -0.1) is 5.10 Å². The fourth-order valence-corrected chi connectivity index (χ4v) is 5.90. The predicted molar refractivity (Wildman–Crippen MR) is 115 cm³/mol. The van der Waals surface area contributed by atoms with Crippen LogP contribution < -0.4 is 5.32 Å². The topological polar surface area (TPSA) is 121 Å². The summed E-state index contributed by atoms with van der Waals surface area (Å²) in [7, 11) is 0. The molecular formula is C23H35N5O4. The van der Waals surface area contributed by atoms with Gasteiger partial charge in [-0.25, -0.2) is 4.68 Å². The van der Waals surface area contributed by atoms with Gasteiger partial charge in [0, 0.05) is 37.7 Å². The second-order valence-electron chi connectivity index (χ2n) is 11.4. The number of rotatable bonds is 6. The van der Waals surface area contributed by atoms with Crippen molar-refractivity contribution in [1.82, 2.24) is 25.2 Å². The van der Waals surface area contributed by atoms with Crippen LogP contribution >= 0.6 is 0 Å². The molecule has 0 radical (unpaired) electrons. The van der Waals surface area contributed by atoms with Crippen molar-refractivity contribution in [3.05, 3.63) is 11.9 Å². The molecule has 1 aromatic heterocycles. The van der Waals surface area contributed by atoms with Crippen LogP contribution in [0.3, 0.4) is 0 Å². The number of hydrogen-bond acceptors (Lipinski definition) is 6. The second kappa shape index (κ2) is 7.80. The highest BCUT2D eigenvalue weighted by Gasteiger charge is 2.55. The molecule has 3 N–H and O–H groups in total. The first-order valence-electron chi connectivity index (χ1n) is 12.0. The summed E-state index contributed by atoms with van der Waals surface area (Å²) in [4.78, 5) is 28.5. The molecule has 3 aliphatic carbocycles. The molecule has 32 heavy (non-hydrogen) atoms. The lowest BCUT2D eigenvalue weighted by Gasteiger charge is -2.35. The molecule has 0 aromatic carbocycles. The highest BCUT2D eigenvalue weighted by atomic mass is 16.3. The predicted octanol–water partition coefficient (Wildman–Crippen LogP) is 0.838. The summed E-state index contributed by atoms with van der Waals surface area (Å²) in [6.45, 7) is 6.25. The first-order chi connectivity index (χ1) is 15.2. The number of hydrogen-bond donors (Lipinski definition) is 3. The van der Waals surface area contributed by atoms with Crippen LogP contribution in [0.15, 0.2) is 6.20 Å². The maximum Gasteiger partial charge on any atom is 0.248 e. The number of carbonyl (C=O) groups is 2. The van der Waals surface area contributed by atoms with E-state index in [-0.39, 0.29) is 43.3 Å². The monoisotopic (exact) mass is 445 g/mol. The van der Waals surface area contributed by atoms with Gasteiger partial charge in [0.25, 0.3) is 0 Å². The van der Waals surface area contributed by atoms with Gasteiger partial charge in [-0.1, -0.05) is 26.0 Å². The van der Waals surface area contributed by atoms with Gasteiger partial charge >= 0.3 is 0 Å². The molecule has 0 unspecified atom stereocenters. The first-order valence-corrected chi connectivity index (χ1v) is 12.0. The van der Waals surface area contributed by atoms with Crippen LogP contribution in [-0.4, -0.2) is 73.3 Å². The largest absolute Gasteiger partial charge is 0.396 e. The average Bonchev–Trinajstić information content (AvgIpc) is 3.61. The quantitative estimate of drug-likeness (QED) is 0.597. The minimum Gasteiger partial charge on any atom is -0.396 e. The Kier molecular flexibility index (Phi) is 5.32. The minimum absolute atomic E-state index is 0.0502. The number of likely N-dealkylation sites (tertiary alicyclic amines) is 1. The lowest BCUT2D eigenvalue weighted by molar-refractivity contribution is -0.144. The van der Waals surface area contributed by atoms with E-state index < -0.39 is 23.6 Å². The van der Waals surface area contributed by atoms with Gasteiger partial charge in [0.15, 0.2) is 0 Å². The van der Waals surface area contributed by atoms with Gasteiger partial charge in [-0.3, -0.25) is 9.59 Å². The van der Waals surface area contributed by atoms with Gasteiger partial charge in [-0.05, 0) is 48.9 Å². The summed E-state index contributed by atoms with van der Waals surface area (Å²) in [5.74, 6) is 1.24. The van der Waals surface area contributed by atoms with E-state index in [4.69, 9.17) is 0 Å². The van der Waals surface area contributed by atoms with Crippen molar-refractivity contribution in [2.45, 2.75) is 83.0 Å². The molecule has 7 atom stereocenters. The van der Waals surface area contributed by atoms with Crippen molar-refractivity contribution in [2.24, 2.45) is 23.2 Å². The molecule has 2 heterocycles. The van der Waals surface area contributed by atoms with E-state index in [1.807, 2.05) is 27.0 Å². The molecule has 3 saturated carbocycles. The van der Waals surface area contributed by atoms with Crippen molar-refractivity contribution in [3.63, 3.8) is 0 Å². The summed E-state index contributed by atoms with van der Waals surface area (Å²) in [6, 6.07) is -1.26. The zero-order chi connectivity index (χ0) is 22.8. The Balaban J connectivity index is 1.33. The number of carbonyl (C=O) groups excluding carboxylic acids is 2. The van der Waals surface area contributed by atoms with Crippen LogP contribution in [-0.2, 0) is 9.59 Å². The summed E-state index contributed by atoms with van der Waals surface area (Å²) < 4.78 is 1.65. The standard InChI is InChI=1S/C23H35N5O4/c1-23(2,3)20(28-10-18(25-26-28)12-4-5-12)22(32)27-9-14(30)7-19(27)21(31)24-17-6-13(11-29)15-8-16(15)17/h10,12-17,19-20,29-30H,4-9,11H2,1-3H3,(H,24,31)/t13-,14+,15-,16-,17-,19-,20+/m0/s1. The third-order valence-electron chi connectivity index (χ3n) is 7.84. The molecule has 1 aromatic rings.